The Morgan fingerprint density at radius 1 is 1.00 bits per heavy atom. The van der Waals surface area contributed by atoms with Crippen molar-refractivity contribution in [2.24, 2.45) is 0 Å². The van der Waals surface area contributed by atoms with Crippen molar-refractivity contribution < 1.29 is 29.4 Å². The third-order valence-electron chi connectivity index (χ3n) is 1.84. The van der Waals surface area contributed by atoms with Crippen LogP contribution < -0.4 is 5.11 Å². The van der Waals surface area contributed by atoms with E-state index in [2.05, 4.69) is 19.2 Å². The van der Waals surface area contributed by atoms with E-state index in [1.54, 1.807) is 0 Å². The van der Waals surface area contributed by atoms with Crippen molar-refractivity contribution in [1.82, 2.24) is 0 Å². The molecule has 0 bridgehead atoms. The number of hydrogen-bond acceptors (Lipinski definition) is 2. The Kier molecular flexibility index (Phi) is 32.3. The first-order valence-corrected chi connectivity index (χ1v) is 5.52. The van der Waals surface area contributed by atoms with E-state index in [4.69, 9.17) is 9.90 Å². The second-order valence-electron chi connectivity index (χ2n) is 3.18. The maximum atomic E-state index is 8.25. The van der Waals surface area contributed by atoms with Gasteiger partial charge in [-0.15, -0.1) is 13.1 Å². The van der Waals surface area contributed by atoms with E-state index in [-0.39, 0.29) is 19.5 Å². The summed E-state index contributed by atoms with van der Waals surface area (Å²) >= 11 is 0. The van der Waals surface area contributed by atoms with Gasteiger partial charge in [-0.05, 0) is 0 Å². The summed E-state index contributed by atoms with van der Waals surface area (Å²) in [4.78, 5) is 8.25. The molecule has 0 aromatic carbocycles. The minimum atomic E-state index is -0.500. The topological polar surface area (TPSA) is 54.2 Å². The summed E-state index contributed by atoms with van der Waals surface area (Å²) in [5.74, 6) is 0. The van der Waals surface area contributed by atoms with Crippen LogP contribution in [0, 0.1) is 0 Å². The van der Waals surface area contributed by atoms with Crippen molar-refractivity contribution in [1.29, 1.82) is 0 Å². The van der Waals surface area contributed by atoms with Gasteiger partial charge in [0.1, 0.15) is 0 Å². The molecule has 15 heavy (non-hydrogen) atoms. The fourth-order valence-electron chi connectivity index (χ4n) is 1.06. The molecule has 0 spiro atoms. The molecule has 86 valence electrons. The van der Waals surface area contributed by atoms with Crippen LogP contribution in [0.1, 0.15) is 52.4 Å². The molecule has 0 aliphatic rings. The van der Waals surface area contributed by atoms with E-state index in [0.29, 0.717) is 0 Å². The molecule has 3 nitrogen and oxygen atoms in total. The molecule has 0 heterocycles. The predicted molar refractivity (Wildman–Crippen MR) is 58.2 cm³/mol. The predicted octanol–water partition coefficient (Wildman–Crippen LogP) is 2.10. The van der Waals surface area contributed by atoms with E-state index in [1.165, 1.54) is 38.5 Å². The van der Waals surface area contributed by atoms with Gasteiger partial charge in [-0.2, -0.15) is 0 Å². The Labute approximate surface area is 107 Å². The Bertz CT molecular complexity index is 94.6. The molecular formula is C11H23NO2Zn. The normalized spacial score (nSPS) is 8.40. The van der Waals surface area contributed by atoms with Gasteiger partial charge < -0.3 is 15.2 Å². The van der Waals surface area contributed by atoms with E-state index in [0.717, 1.165) is 13.1 Å². The summed E-state index contributed by atoms with van der Waals surface area (Å²) in [6.45, 7) is 6.16. The van der Waals surface area contributed by atoms with Crippen LogP contribution in [0.15, 0.2) is 0 Å². The maximum Gasteiger partial charge on any atom is 2.00 e. The molecule has 0 atom stereocenters. The molecule has 0 aromatic rings. The van der Waals surface area contributed by atoms with E-state index in [1.807, 2.05) is 0 Å². The van der Waals surface area contributed by atoms with Crippen molar-refractivity contribution in [3.8, 4) is 0 Å². The summed E-state index contributed by atoms with van der Waals surface area (Å²) in [5, 5.41) is 12.7. The molecule has 0 radical (unpaired) electrons. The standard InChI is InChI=1S/C10H22N.CH2O2.Zn/c1-3-5-7-9-11-10-8-6-4-2;2-1-3;/h3-10H2,1-2H3;1H,(H,2,3);/q-1;;+2/p-1. The summed E-state index contributed by atoms with van der Waals surface area (Å²) in [5.41, 5.74) is 0. The number of nitrogens with zero attached hydrogens (tertiary/aromatic N) is 1. The smallest absolute Gasteiger partial charge is 0.662 e. The first-order chi connectivity index (χ1) is 6.83. The Balaban J connectivity index is -0.000000320. The number of carbonyl (C=O) groups is 1. The quantitative estimate of drug-likeness (QED) is 0.384. The second kappa shape index (κ2) is 23.7. The summed E-state index contributed by atoms with van der Waals surface area (Å²) < 4.78 is 0. The molecule has 0 aromatic heterocycles. The molecule has 4 heteroatoms. The van der Waals surface area contributed by atoms with Crippen LogP contribution in [0.2, 0.25) is 0 Å². The van der Waals surface area contributed by atoms with Crippen LogP contribution >= 0.6 is 0 Å². The van der Waals surface area contributed by atoms with Gasteiger partial charge >= 0.3 is 19.5 Å². The zero-order valence-corrected chi connectivity index (χ0v) is 13.2. The molecule has 0 saturated heterocycles. The van der Waals surface area contributed by atoms with Crippen LogP contribution in [0.5, 0.6) is 0 Å². The van der Waals surface area contributed by atoms with E-state index < -0.39 is 6.47 Å². The molecular weight excluding hydrogens is 244 g/mol. The van der Waals surface area contributed by atoms with E-state index in [9.17, 15) is 0 Å². The Morgan fingerprint density at radius 3 is 1.60 bits per heavy atom. The third-order valence-corrected chi connectivity index (χ3v) is 1.84. The summed E-state index contributed by atoms with van der Waals surface area (Å²) in [7, 11) is 0. The first-order valence-electron chi connectivity index (χ1n) is 5.52. The number of hydrogen-bond donors (Lipinski definition) is 0. The fraction of sp³-hybridized carbons (Fsp3) is 0.909. The molecule has 0 aliphatic carbocycles. The number of carbonyl (C=O) groups excluding carboxylic acids is 1. The molecule has 0 N–H and O–H groups in total. The van der Waals surface area contributed by atoms with Crippen LogP contribution in [-0.2, 0) is 24.3 Å². The Hall–Kier alpha value is 0.0534. The van der Waals surface area contributed by atoms with Gasteiger partial charge in [0.15, 0.2) is 0 Å². The average Bonchev–Trinajstić information content (AvgIpc) is 2.18. The fourth-order valence-corrected chi connectivity index (χ4v) is 1.06. The van der Waals surface area contributed by atoms with Gasteiger partial charge in [0.05, 0.1) is 0 Å². The van der Waals surface area contributed by atoms with Gasteiger partial charge in [0.2, 0.25) is 0 Å². The first kappa shape index (κ1) is 20.5. The largest absolute Gasteiger partial charge is 2.00 e. The van der Waals surface area contributed by atoms with Crippen LogP contribution in [-0.4, -0.2) is 19.6 Å². The summed E-state index contributed by atoms with van der Waals surface area (Å²) in [6, 6.07) is 0. The van der Waals surface area contributed by atoms with Crippen LogP contribution in [0.3, 0.4) is 0 Å². The van der Waals surface area contributed by atoms with Crippen LogP contribution in [0.4, 0.5) is 0 Å². The number of carboxylic acid groups (broad SMARTS) is 1. The third kappa shape index (κ3) is 31.5. The SMILES string of the molecule is CCCCC[N-]CCCCC.O=C[O-].[Zn+2]. The Morgan fingerprint density at radius 2 is 1.33 bits per heavy atom. The van der Waals surface area contributed by atoms with Crippen molar-refractivity contribution in [3.63, 3.8) is 0 Å². The zero-order valence-electron chi connectivity index (χ0n) is 10.2. The minimum absolute atomic E-state index is 0. The number of unbranched alkanes of at least 4 members (excludes halogenated alkanes) is 4. The van der Waals surface area contributed by atoms with Gasteiger partial charge in [-0.1, -0.05) is 52.4 Å². The molecule has 0 fully saturated rings. The molecule has 0 unspecified atom stereocenters. The monoisotopic (exact) mass is 265 g/mol. The van der Waals surface area contributed by atoms with Crippen LogP contribution in [0.25, 0.3) is 5.32 Å². The van der Waals surface area contributed by atoms with Gasteiger partial charge in [-0.3, -0.25) is 0 Å². The second-order valence-corrected chi connectivity index (χ2v) is 3.18. The maximum absolute atomic E-state index is 8.25. The van der Waals surface area contributed by atoms with Crippen molar-refractivity contribution in [2.45, 2.75) is 52.4 Å². The minimum Gasteiger partial charge on any atom is -0.662 e. The van der Waals surface area contributed by atoms with Crippen molar-refractivity contribution >= 4 is 6.47 Å². The van der Waals surface area contributed by atoms with E-state index >= 15 is 0 Å². The van der Waals surface area contributed by atoms with Gasteiger partial charge in [0, 0.05) is 6.47 Å². The van der Waals surface area contributed by atoms with Crippen molar-refractivity contribution in [2.75, 3.05) is 13.1 Å². The molecule has 0 rings (SSSR count). The number of rotatable bonds is 8. The molecule has 0 saturated carbocycles. The molecule has 0 amide bonds. The summed E-state index contributed by atoms with van der Waals surface area (Å²) in [6.07, 6.45) is 7.90. The van der Waals surface area contributed by atoms with Crippen molar-refractivity contribution in [3.05, 3.63) is 5.32 Å². The van der Waals surface area contributed by atoms with Gasteiger partial charge in [0.25, 0.3) is 0 Å². The average molecular weight is 267 g/mol. The van der Waals surface area contributed by atoms with Gasteiger partial charge in [-0.25, -0.2) is 0 Å². The molecule has 0 aliphatic heterocycles. The zero-order chi connectivity index (χ0) is 11.1.